The molecular weight excluding hydrogens is 333 g/mol. The number of hydrogen-bond acceptors (Lipinski definition) is 3. The molecule has 0 N–H and O–H groups in total. The highest BCUT2D eigenvalue weighted by molar-refractivity contribution is 6.63. The third kappa shape index (κ3) is 2.32. The maximum atomic E-state index is 12.6. The Morgan fingerprint density at radius 3 is 2.48 bits per heavy atom. The zero-order valence-electron chi connectivity index (χ0n) is 12.1. The van der Waals surface area contributed by atoms with E-state index in [1.165, 1.54) is 5.56 Å². The molecule has 3 nitrogen and oxygen atoms in total. The summed E-state index contributed by atoms with van der Waals surface area (Å²) >= 11 is 12.2. The largest absolute Gasteiger partial charge is 0.434 e. The molecule has 0 fully saturated rings. The van der Waals surface area contributed by atoms with Gasteiger partial charge in [-0.3, -0.25) is 4.79 Å². The molecule has 5 heteroatoms. The van der Waals surface area contributed by atoms with Gasteiger partial charge >= 0.3 is 4.52 Å². The van der Waals surface area contributed by atoms with Crippen LogP contribution in [0.4, 0.5) is 5.69 Å². The molecule has 0 unspecified atom stereocenters. The lowest BCUT2D eigenvalue weighted by Gasteiger charge is -2.22. The molecule has 0 aromatic heterocycles. The van der Waals surface area contributed by atoms with Crippen LogP contribution in [0.15, 0.2) is 60.5 Å². The molecule has 0 bridgehead atoms. The molecule has 116 valence electrons. The van der Waals surface area contributed by atoms with Crippen molar-refractivity contribution in [3.05, 3.63) is 71.6 Å². The van der Waals surface area contributed by atoms with Crippen LogP contribution in [0.3, 0.4) is 0 Å². The first-order valence-corrected chi connectivity index (χ1v) is 8.10. The van der Waals surface area contributed by atoms with E-state index in [1.807, 2.05) is 53.4 Å². The quantitative estimate of drug-likeness (QED) is 0.765. The Morgan fingerprint density at radius 1 is 1.00 bits per heavy atom. The molecule has 0 saturated carbocycles. The summed E-state index contributed by atoms with van der Waals surface area (Å²) in [6.07, 6.45) is 0.886. The van der Waals surface area contributed by atoms with E-state index in [9.17, 15) is 4.79 Å². The maximum absolute atomic E-state index is 12.6. The Labute approximate surface area is 144 Å². The van der Waals surface area contributed by atoms with Crippen molar-refractivity contribution in [1.29, 1.82) is 0 Å². The third-order valence-electron chi connectivity index (χ3n) is 4.12. The SMILES string of the molecule is O=C1C(c2ccccc2)=C(N2CCc3ccccc32)OC1(Cl)Cl. The molecule has 2 heterocycles. The van der Waals surface area contributed by atoms with Gasteiger partial charge < -0.3 is 9.64 Å². The summed E-state index contributed by atoms with van der Waals surface area (Å²) in [6.45, 7) is 0.724. The van der Waals surface area contributed by atoms with Crippen molar-refractivity contribution in [1.82, 2.24) is 0 Å². The van der Waals surface area contributed by atoms with Gasteiger partial charge in [0.2, 0.25) is 11.7 Å². The van der Waals surface area contributed by atoms with Crippen molar-refractivity contribution in [3.63, 3.8) is 0 Å². The lowest BCUT2D eigenvalue weighted by Crippen LogP contribution is -2.25. The minimum atomic E-state index is -1.88. The Bertz CT molecular complexity index is 815. The van der Waals surface area contributed by atoms with Crippen molar-refractivity contribution in [2.75, 3.05) is 11.4 Å². The fraction of sp³-hybridized carbons (Fsp3) is 0.167. The highest BCUT2D eigenvalue weighted by atomic mass is 35.5. The molecule has 2 aliphatic rings. The monoisotopic (exact) mass is 345 g/mol. The minimum absolute atomic E-state index is 0.423. The number of anilines is 1. The number of hydrogen-bond donors (Lipinski definition) is 0. The van der Waals surface area contributed by atoms with Gasteiger partial charge in [0.25, 0.3) is 0 Å². The van der Waals surface area contributed by atoms with E-state index in [1.54, 1.807) is 0 Å². The van der Waals surface area contributed by atoms with Crippen LogP contribution in [0.2, 0.25) is 0 Å². The highest BCUT2D eigenvalue weighted by Crippen LogP contribution is 2.45. The van der Waals surface area contributed by atoms with Gasteiger partial charge in [-0.05, 0) is 46.8 Å². The van der Waals surface area contributed by atoms with Crippen molar-refractivity contribution < 1.29 is 9.53 Å². The van der Waals surface area contributed by atoms with Crippen LogP contribution in [0.5, 0.6) is 0 Å². The van der Waals surface area contributed by atoms with E-state index < -0.39 is 10.3 Å². The van der Waals surface area contributed by atoms with Crippen LogP contribution < -0.4 is 4.90 Å². The topological polar surface area (TPSA) is 29.5 Å². The van der Waals surface area contributed by atoms with E-state index in [0.717, 1.165) is 24.2 Å². The summed E-state index contributed by atoms with van der Waals surface area (Å²) in [4.78, 5) is 14.6. The van der Waals surface area contributed by atoms with Gasteiger partial charge in [0.15, 0.2) is 0 Å². The summed E-state index contributed by atoms with van der Waals surface area (Å²) in [5, 5.41) is 0. The second kappa shape index (κ2) is 5.29. The molecule has 0 spiro atoms. The predicted molar refractivity (Wildman–Crippen MR) is 91.4 cm³/mol. The van der Waals surface area contributed by atoms with Crippen LogP contribution >= 0.6 is 23.2 Å². The van der Waals surface area contributed by atoms with E-state index in [4.69, 9.17) is 27.9 Å². The summed E-state index contributed by atoms with van der Waals surface area (Å²) in [6, 6.07) is 17.4. The number of ketones is 1. The van der Waals surface area contributed by atoms with E-state index in [-0.39, 0.29) is 0 Å². The molecule has 2 aromatic rings. The first-order valence-electron chi connectivity index (χ1n) is 7.35. The van der Waals surface area contributed by atoms with Gasteiger partial charge in [0, 0.05) is 12.2 Å². The lowest BCUT2D eigenvalue weighted by molar-refractivity contribution is -0.118. The van der Waals surface area contributed by atoms with Gasteiger partial charge in [-0.25, -0.2) is 0 Å². The van der Waals surface area contributed by atoms with Gasteiger partial charge in [-0.2, -0.15) is 0 Å². The molecule has 0 atom stereocenters. The minimum Gasteiger partial charge on any atom is -0.434 e. The summed E-state index contributed by atoms with van der Waals surface area (Å²) in [7, 11) is 0. The fourth-order valence-electron chi connectivity index (χ4n) is 3.06. The number of alkyl halides is 2. The number of para-hydroxylation sites is 1. The van der Waals surface area contributed by atoms with Crippen LogP contribution in [0, 0.1) is 0 Å². The molecule has 0 amide bonds. The Morgan fingerprint density at radius 2 is 1.70 bits per heavy atom. The van der Waals surface area contributed by atoms with Crippen molar-refractivity contribution >= 4 is 40.2 Å². The lowest BCUT2D eigenvalue weighted by atomic mass is 10.0. The number of benzene rings is 2. The van der Waals surface area contributed by atoms with Crippen LogP contribution in [0.1, 0.15) is 11.1 Å². The van der Waals surface area contributed by atoms with Crippen molar-refractivity contribution in [2.24, 2.45) is 0 Å². The number of carbonyl (C=O) groups excluding carboxylic acids is 1. The molecule has 2 aromatic carbocycles. The Kier molecular flexibility index (Phi) is 3.36. The van der Waals surface area contributed by atoms with Crippen LogP contribution in [0.25, 0.3) is 5.57 Å². The van der Waals surface area contributed by atoms with Crippen LogP contribution in [-0.4, -0.2) is 16.8 Å². The summed E-state index contributed by atoms with van der Waals surface area (Å²) < 4.78 is 3.78. The second-order valence-electron chi connectivity index (χ2n) is 5.52. The van der Waals surface area contributed by atoms with Gasteiger partial charge in [-0.15, -0.1) is 0 Å². The first kappa shape index (κ1) is 14.6. The summed E-state index contributed by atoms with van der Waals surface area (Å²) in [5.74, 6) is 0.00237. The van der Waals surface area contributed by atoms with Gasteiger partial charge in [-0.1, -0.05) is 48.5 Å². The van der Waals surface area contributed by atoms with E-state index in [0.29, 0.717) is 11.5 Å². The molecule has 2 aliphatic heterocycles. The first-order chi connectivity index (χ1) is 11.1. The van der Waals surface area contributed by atoms with Crippen molar-refractivity contribution in [2.45, 2.75) is 10.9 Å². The molecular formula is C18H13Cl2NO2. The maximum Gasteiger partial charge on any atom is 0.324 e. The molecule has 23 heavy (non-hydrogen) atoms. The smallest absolute Gasteiger partial charge is 0.324 e. The predicted octanol–water partition coefficient (Wildman–Crippen LogP) is 4.15. The zero-order valence-corrected chi connectivity index (χ0v) is 13.6. The van der Waals surface area contributed by atoms with E-state index >= 15 is 0 Å². The Balaban J connectivity index is 1.87. The number of nitrogens with zero attached hydrogens (tertiary/aromatic N) is 1. The molecule has 0 radical (unpaired) electrons. The molecule has 0 saturated heterocycles. The van der Waals surface area contributed by atoms with E-state index in [2.05, 4.69) is 6.07 Å². The zero-order chi connectivity index (χ0) is 16.0. The average Bonchev–Trinajstić information content (AvgIpc) is 3.08. The average molecular weight is 346 g/mol. The van der Waals surface area contributed by atoms with Crippen LogP contribution in [-0.2, 0) is 16.0 Å². The number of carbonyl (C=O) groups is 1. The van der Waals surface area contributed by atoms with Crippen molar-refractivity contribution in [3.8, 4) is 0 Å². The number of ether oxygens (including phenoxy) is 1. The number of Topliss-reactive ketones (excluding diaryl/α,β-unsaturated/α-hetero) is 1. The number of rotatable bonds is 2. The second-order valence-corrected chi connectivity index (χ2v) is 6.78. The van der Waals surface area contributed by atoms with Gasteiger partial charge in [0.05, 0.1) is 5.57 Å². The fourth-order valence-corrected chi connectivity index (χ4v) is 3.40. The number of fused-ring (bicyclic) bond motifs is 1. The van der Waals surface area contributed by atoms with Gasteiger partial charge in [0.1, 0.15) is 0 Å². The summed E-state index contributed by atoms with van der Waals surface area (Å²) in [5.41, 5.74) is 3.41. The number of halogens is 2. The standard InChI is InChI=1S/C18H13Cl2NO2/c19-18(20)16(22)15(13-7-2-1-3-8-13)17(23-18)21-11-10-12-6-4-5-9-14(12)21/h1-9H,10-11H2. The molecule has 4 rings (SSSR count). The highest BCUT2D eigenvalue weighted by Gasteiger charge is 2.49. The molecule has 0 aliphatic carbocycles. The Hall–Kier alpha value is -1.97. The normalized spacial score (nSPS) is 19.0. The third-order valence-corrected chi connectivity index (χ3v) is 4.62.